The van der Waals surface area contributed by atoms with E-state index in [1.165, 1.54) is 19.1 Å². The molecule has 4 nitrogen and oxygen atoms in total. The maximum atomic E-state index is 12.8. The second-order valence-corrected chi connectivity index (χ2v) is 3.57. The lowest BCUT2D eigenvalue weighted by Crippen LogP contribution is -2.44. The highest BCUT2D eigenvalue weighted by Gasteiger charge is 2.21. The SMILES string of the molecule is CC(O)C(NCc1cccc(F)c1)C(=O)O. The van der Waals surface area contributed by atoms with Crippen LogP contribution in [0.2, 0.25) is 0 Å². The topological polar surface area (TPSA) is 69.6 Å². The molecule has 5 heteroatoms. The number of carboxylic acids is 1. The van der Waals surface area contributed by atoms with Gasteiger partial charge in [-0.1, -0.05) is 12.1 Å². The minimum Gasteiger partial charge on any atom is -0.480 e. The first-order valence-corrected chi connectivity index (χ1v) is 4.89. The molecule has 0 amide bonds. The number of aliphatic hydroxyl groups excluding tert-OH is 1. The van der Waals surface area contributed by atoms with Gasteiger partial charge in [0.2, 0.25) is 0 Å². The van der Waals surface area contributed by atoms with Crippen LogP contribution in [-0.4, -0.2) is 28.3 Å². The van der Waals surface area contributed by atoms with E-state index in [9.17, 15) is 14.3 Å². The first kappa shape index (κ1) is 12.6. The predicted molar refractivity (Wildman–Crippen MR) is 56.3 cm³/mol. The Kier molecular flexibility index (Phi) is 4.39. The number of carbonyl (C=O) groups is 1. The van der Waals surface area contributed by atoms with Gasteiger partial charge >= 0.3 is 5.97 Å². The molecule has 0 fully saturated rings. The highest BCUT2D eigenvalue weighted by atomic mass is 19.1. The Morgan fingerprint density at radius 3 is 2.75 bits per heavy atom. The van der Waals surface area contributed by atoms with Crippen molar-refractivity contribution >= 4 is 5.97 Å². The van der Waals surface area contributed by atoms with E-state index >= 15 is 0 Å². The van der Waals surface area contributed by atoms with Gasteiger partial charge in [-0.3, -0.25) is 10.1 Å². The summed E-state index contributed by atoms with van der Waals surface area (Å²) in [6, 6.07) is 4.80. The molecule has 2 atom stereocenters. The Hall–Kier alpha value is -1.46. The molecule has 0 aliphatic rings. The molecule has 3 N–H and O–H groups in total. The van der Waals surface area contributed by atoms with Crippen molar-refractivity contribution in [3.05, 3.63) is 35.6 Å². The summed E-state index contributed by atoms with van der Waals surface area (Å²) in [5.41, 5.74) is 0.631. The summed E-state index contributed by atoms with van der Waals surface area (Å²) in [6.45, 7) is 1.58. The van der Waals surface area contributed by atoms with Crippen LogP contribution in [0.25, 0.3) is 0 Å². The van der Waals surface area contributed by atoms with Crippen LogP contribution in [0, 0.1) is 5.82 Å². The molecule has 1 aromatic carbocycles. The molecule has 88 valence electrons. The number of carboxylic acid groups (broad SMARTS) is 1. The van der Waals surface area contributed by atoms with E-state index in [4.69, 9.17) is 5.11 Å². The van der Waals surface area contributed by atoms with Gasteiger partial charge in [-0.2, -0.15) is 0 Å². The molecule has 1 rings (SSSR count). The Balaban J connectivity index is 2.59. The van der Waals surface area contributed by atoms with Gasteiger partial charge in [-0.15, -0.1) is 0 Å². The van der Waals surface area contributed by atoms with Crippen molar-refractivity contribution in [1.29, 1.82) is 0 Å². The quantitative estimate of drug-likeness (QED) is 0.694. The zero-order valence-electron chi connectivity index (χ0n) is 8.85. The van der Waals surface area contributed by atoms with Gasteiger partial charge in [-0.25, -0.2) is 4.39 Å². The number of benzene rings is 1. The fraction of sp³-hybridized carbons (Fsp3) is 0.364. The van der Waals surface area contributed by atoms with Crippen LogP contribution in [0.1, 0.15) is 12.5 Å². The number of halogens is 1. The van der Waals surface area contributed by atoms with E-state index in [2.05, 4.69) is 5.32 Å². The van der Waals surface area contributed by atoms with Crippen molar-refractivity contribution in [2.24, 2.45) is 0 Å². The van der Waals surface area contributed by atoms with Gasteiger partial charge in [0.25, 0.3) is 0 Å². The van der Waals surface area contributed by atoms with Crippen molar-refractivity contribution in [2.75, 3.05) is 0 Å². The molecular weight excluding hydrogens is 213 g/mol. The number of aliphatic hydroxyl groups is 1. The first-order chi connectivity index (χ1) is 7.50. The Labute approximate surface area is 92.7 Å². The molecule has 0 aromatic heterocycles. The second kappa shape index (κ2) is 5.58. The molecule has 0 spiro atoms. The highest BCUT2D eigenvalue weighted by Crippen LogP contribution is 2.04. The molecule has 0 saturated carbocycles. The molecule has 0 radical (unpaired) electrons. The zero-order chi connectivity index (χ0) is 12.1. The standard InChI is InChI=1S/C11H14FNO3/c1-7(14)10(11(15)16)13-6-8-3-2-4-9(12)5-8/h2-5,7,10,13-14H,6H2,1H3,(H,15,16). The van der Waals surface area contributed by atoms with E-state index in [1.807, 2.05) is 0 Å². The Morgan fingerprint density at radius 1 is 1.56 bits per heavy atom. The zero-order valence-corrected chi connectivity index (χ0v) is 8.85. The van der Waals surface area contributed by atoms with Crippen LogP contribution in [0.15, 0.2) is 24.3 Å². The molecule has 0 aliphatic carbocycles. The van der Waals surface area contributed by atoms with Crippen LogP contribution in [0.3, 0.4) is 0 Å². The van der Waals surface area contributed by atoms with Crippen LogP contribution >= 0.6 is 0 Å². The maximum absolute atomic E-state index is 12.8. The third kappa shape index (κ3) is 3.60. The molecule has 16 heavy (non-hydrogen) atoms. The summed E-state index contributed by atoms with van der Waals surface area (Å²) < 4.78 is 12.8. The fourth-order valence-corrected chi connectivity index (χ4v) is 1.34. The van der Waals surface area contributed by atoms with E-state index in [0.717, 1.165) is 0 Å². The summed E-state index contributed by atoms with van der Waals surface area (Å²) in [5.74, 6) is -1.50. The Morgan fingerprint density at radius 2 is 2.25 bits per heavy atom. The van der Waals surface area contributed by atoms with Crippen LogP contribution in [-0.2, 0) is 11.3 Å². The summed E-state index contributed by atoms with van der Waals surface area (Å²) in [6.07, 6.45) is -1.01. The molecule has 1 aromatic rings. The van der Waals surface area contributed by atoms with Crippen molar-refractivity contribution < 1.29 is 19.4 Å². The Bertz CT molecular complexity index is 368. The summed E-state index contributed by atoms with van der Waals surface area (Å²) >= 11 is 0. The van der Waals surface area contributed by atoms with Gasteiger partial charge in [0.1, 0.15) is 11.9 Å². The predicted octanol–water partition coefficient (Wildman–Crippen LogP) is 0.749. The first-order valence-electron chi connectivity index (χ1n) is 4.89. The lowest BCUT2D eigenvalue weighted by Gasteiger charge is -2.16. The molecule has 0 aliphatic heterocycles. The summed E-state index contributed by atoms with van der Waals surface area (Å²) in [4.78, 5) is 10.7. The normalized spacial score (nSPS) is 14.4. The maximum Gasteiger partial charge on any atom is 0.323 e. The third-order valence-electron chi connectivity index (χ3n) is 2.16. The number of aliphatic carboxylic acids is 1. The lowest BCUT2D eigenvalue weighted by atomic mass is 10.1. The van der Waals surface area contributed by atoms with Crippen LogP contribution < -0.4 is 5.32 Å². The van der Waals surface area contributed by atoms with Crippen molar-refractivity contribution in [3.63, 3.8) is 0 Å². The highest BCUT2D eigenvalue weighted by molar-refractivity contribution is 5.74. The minimum absolute atomic E-state index is 0.194. The van der Waals surface area contributed by atoms with Gasteiger partial charge in [0.05, 0.1) is 6.10 Å². The number of hydrogen-bond donors (Lipinski definition) is 3. The molecule has 0 heterocycles. The number of rotatable bonds is 5. The molecule has 0 bridgehead atoms. The average Bonchev–Trinajstić information content (AvgIpc) is 2.16. The van der Waals surface area contributed by atoms with Gasteiger partial charge < -0.3 is 10.2 Å². The summed E-state index contributed by atoms with van der Waals surface area (Å²) in [5, 5.41) is 20.6. The van der Waals surface area contributed by atoms with E-state index in [0.29, 0.717) is 5.56 Å². The largest absolute Gasteiger partial charge is 0.480 e. The average molecular weight is 227 g/mol. The third-order valence-corrected chi connectivity index (χ3v) is 2.16. The number of nitrogens with one attached hydrogen (secondary N) is 1. The molecule has 2 unspecified atom stereocenters. The van der Waals surface area contributed by atoms with Crippen LogP contribution in [0.5, 0.6) is 0 Å². The molecule has 0 saturated heterocycles. The van der Waals surface area contributed by atoms with E-state index < -0.39 is 18.1 Å². The second-order valence-electron chi connectivity index (χ2n) is 3.57. The van der Waals surface area contributed by atoms with Crippen molar-refractivity contribution in [2.45, 2.75) is 25.6 Å². The van der Waals surface area contributed by atoms with E-state index in [1.54, 1.807) is 12.1 Å². The van der Waals surface area contributed by atoms with Crippen LogP contribution in [0.4, 0.5) is 4.39 Å². The minimum atomic E-state index is -1.13. The summed E-state index contributed by atoms with van der Waals surface area (Å²) in [7, 11) is 0. The van der Waals surface area contributed by atoms with Crippen molar-refractivity contribution in [1.82, 2.24) is 5.32 Å². The van der Waals surface area contributed by atoms with Gasteiger partial charge in [-0.05, 0) is 24.6 Å². The smallest absolute Gasteiger partial charge is 0.323 e. The van der Waals surface area contributed by atoms with Crippen molar-refractivity contribution in [3.8, 4) is 0 Å². The number of hydrogen-bond acceptors (Lipinski definition) is 3. The van der Waals surface area contributed by atoms with E-state index in [-0.39, 0.29) is 12.4 Å². The van der Waals surface area contributed by atoms with Gasteiger partial charge in [0.15, 0.2) is 0 Å². The molecular formula is C11H14FNO3. The van der Waals surface area contributed by atoms with Gasteiger partial charge in [0, 0.05) is 6.54 Å². The fourth-order valence-electron chi connectivity index (χ4n) is 1.34. The lowest BCUT2D eigenvalue weighted by molar-refractivity contribution is -0.142. The monoisotopic (exact) mass is 227 g/mol.